The van der Waals surface area contributed by atoms with E-state index in [1.54, 1.807) is 42.5 Å². The maximum atomic E-state index is 14.4. The summed E-state index contributed by atoms with van der Waals surface area (Å²) in [5.41, 5.74) is 5.72. The molecule has 1 saturated heterocycles. The number of benzene rings is 3. The maximum Gasteiger partial charge on any atom is 0.129 e. The van der Waals surface area contributed by atoms with E-state index in [4.69, 9.17) is 9.82 Å². The van der Waals surface area contributed by atoms with Crippen LogP contribution in [-0.4, -0.2) is 52.0 Å². The number of pyridine rings is 1. The Kier molecular flexibility index (Phi) is 5.34. The Morgan fingerprint density at radius 3 is 2.46 bits per heavy atom. The van der Waals surface area contributed by atoms with Crippen molar-refractivity contribution in [2.24, 2.45) is 5.16 Å². The average molecular weight is 470 g/mol. The molecule has 6 nitrogen and oxygen atoms in total. The number of aromatic nitrogens is 1. The van der Waals surface area contributed by atoms with Crippen molar-refractivity contribution >= 4 is 16.6 Å². The molecule has 2 aliphatic rings. The van der Waals surface area contributed by atoms with Crippen LogP contribution in [-0.2, 0) is 4.84 Å². The predicted molar refractivity (Wildman–Crippen MR) is 133 cm³/mol. The molecule has 2 heterocycles. The summed E-state index contributed by atoms with van der Waals surface area (Å²) in [6.07, 6.45) is 2.41. The molecular formula is C28H24FN3O3. The fraction of sp³-hybridized carbons (Fsp3) is 0.214. The number of hydrogen-bond acceptors (Lipinski definition) is 6. The molecule has 35 heavy (non-hydrogen) atoms. The van der Waals surface area contributed by atoms with E-state index >= 15 is 0 Å². The van der Waals surface area contributed by atoms with E-state index in [1.807, 2.05) is 6.07 Å². The van der Waals surface area contributed by atoms with Crippen molar-refractivity contribution in [3.8, 4) is 33.9 Å². The molecule has 0 amide bonds. The van der Waals surface area contributed by atoms with E-state index in [2.05, 4.69) is 10.1 Å². The summed E-state index contributed by atoms with van der Waals surface area (Å²) in [6.45, 7) is 3.38. The molecule has 1 aliphatic heterocycles. The second kappa shape index (κ2) is 8.67. The minimum absolute atomic E-state index is 0.107. The Morgan fingerprint density at radius 2 is 1.66 bits per heavy atom. The van der Waals surface area contributed by atoms with Gasteiger partial charge in [0.2, 0.25) is 0 Å². The highest BCUT2D eigenvalue weighted by atomic mass is 19.1. The van der Waals surface area contributed by atoms with Gasteiger partial charge in [0.05, 0.1) is 11.2 Å². The lowest BCUT2D eigenvalue weighted by Crippen LogP contribution is -2.23. The summed E-state index contributed by atoms with van der Waals surface area (Å²) in [6, 6.07) is 16.4. The zero-order valence-corrected chi connectivity index (χ0v) is 19.0. The van der Waals surface area contributed by atoms with Crippen molar-refractivity contribution in [3.63, 3.8) is 0 Å². The molecule has 0 bridgehead atoms. The van der Waals surface area contributed by atoms with Gasteiger partial charge in [0.25, 0.3) is 0 Å². The second-order valence-electron chi connectivity index (χ2n) is 8.97. The number of phenolic OH excluding ortho intramolecular Hbond substituents is 2. The van der Waals surface area contributed by atoms with Gasteiger partial charge in [0, 0.05) is 34.2 Å². The molecule has 0 radical (unpaired) electrons. The normalized spacial score (nSPS) is 16.1. The van der Waals surface area contributed by atoms with Crippen molar-refractivity contribution in [2.45, 2.75) is 12.8 Å². The molecule has 6 rings (SSSR count). The lowest BCUT2D eigenvalue weighted by Gasteiger charge is -2.14. The van der Waals surface area contributed by atoms with Crippen LogP contribution in [0.5, 0.6) is 11.5 Å². The lowest BCUT2D eigenvalue weighted by molar-refractivity contribution is 0.119. The van der Waals surface area contributed by atoms with Gasteiger partial charge in [0.15, 0.2) is 0 Å². The molecule has 1 aromatic heterocycles. The minimum Gasteiger partial charge on any atom is -0.508 e. The van der Waals surface area contributed by atoms with Gasteiger partial charge in [-0.2, -0.15) is 0 Å². The van der Waals surface area contributed by atoms with Gasteiger partial charge in [-0.1, -0.05) is 5.16 Å². The third kappa shape index (κ3) is 3.88. The topological polar surface area (TPSA) is 78.2 Å². The van der Waals surface area contributed by atoms with Crippen LogP contribution in [0.25, 0.3) is 33.3 Å². The summed E-state index contributed by atoms with van der Waals surface area (Å²) in [4.78, 5) is 13.0. The first-order valence-electron chi connectivity index (χ1n) is 11.8. The molecule has 3 aromatic carbocycles. The molecule has 0 unspecified atom stereocenters. The van der Waals surface area contributed by atoms with Gasteiger partial charge in [-0.3, -0.25) is 4.90 Å². The molecule has 0 spiro atoms. The monoisotopic (exact) mass is 469 g/mol. The van der Waals surface area contributed by atoms with Gasteiger partial charge in [0.1, 0.15) is 29.6 Å². The number of fused-ring (bicyclic) bond motifs is 5. The van der Waals surface area contributed by atoms with E-state index in [9.17, 15) is 14.6 Å². The van der Waals surface area contributed by atoms with Gasteiger partial charge in [-0.05, 0) is 92.2 Å². The summed E-state index contributed by atoms with van der Waals surface area (Å²) in [5.74, 6) is -0.102. The number of halogens is 1. The number of likely N-dealkylation sites (tertiary alicyclic amines) is 1. The third-order valence-electron chi connectivity index (χ3n) is 6.71. The first-order valence-corrected chi connectivity index (χ1v) is 11.8. The number of aromatic hydroxyl groups is 2. The number of oxime groups is 1. The van der Waals surface area contributed by atoms with Crippen LogP contribution in [0.2, 0.25) is 0 Å². The Bertz CT molecular complexity index is 1460. The highest BCUT2D eigenvalue weighted by molar-refractivity contribution is 6.31. The molecule has 1 fully saturated rings. The summed E-state index contributed by atoms with van der Waals surface area (Å²) in [7, 11) is 0. The number of phenols is 2. The second-order valence-corrected chi connectivity index (χ2v) is 8.97. The first kappa shape index (κ1) is 21.6. The van der Waals surface area contributed by atoms with Crippen molar-refractivity contribution < 1.29 is 19.4 Å². The van der Waals surface area contributed by atoms with E-state index in [1.165, 1.54) is 25.0 Å². The highest BCUT2D eigenvalue weighted by Gasteiger charge is 2.32. The molecule has 1 aliphatic carbocycles. The lowest BCUT2D eigenvalue weighted by atomic mass is 9.96. The number of nitrogens with zero attached hydrogens (tertiary/aromatic N) is 3. The van der Waals surface area contributed by atoms with Crippen LogP contribution in [0.4, 0.5) is 4.39 Å². The molecule has 176 valence electrons. The molecule has 2 N–H and O–H groups in total. The fourth-order valence-electron chi connectivity index (χ4n) is 5.03. The van der Waals surface area contributed by atoms with Crippen LogP contribution >= 0.6 is 0 Å². The summed E-state index contributed by atoms with van der Waals surface area (Å²) >= 11 is 0. The third-order valence-corrected chi connectivity index (χ3v) is 6.71. The van der Waals surface area contributed by atoms with Crippen molar-refractivity contribution in [2.75, 3.05) is 26.2 Å². The summed E-state index contributed by atoms with van der Waals surface area (Å²) < 4.78 is 14.4. The smallest absolute Gasteiger partial charge is 0.129 e. The van der Waals surface area contributed by atoms with Crippen molar-refractivity contribution in [3.05, 3.63) is 77.6 Å². The molecular weight excluding hydrogens is 445 g/mol. The van der Waals surface area contributed by atoms with E-state index < -0.39 is 0 Å². The zero-order valence-electron chi connectivity index (χ0n) is 19.0. The van der Waals surface area contributed by atoms with E-state index in [0.717, 1.165) is 41.9 Å². The van der Waals surface area contributed by atoms with E-state index in [-0.39, 0.29) is 17.3 Å². The Hall–Kier alpha value is -3.97. The van der Waals surface area contributed by atoms with Crippen LogP contribution in [0.15, 0.2) is 65.8 Å². The largest absolute Gasteiger partial charge is 0.508 e. The first-order chi connectivity index (χ1) is 17.1. The van der Waals surface area contributed by atoms with Gasteiger partial charge in [-0.15, -0.1) is 0 Å². The van der Waals surface area contributed by atoms with Gasteiger partial charge < -0.3 is 15.1 Å². The van der Waals surface area contributed by atoms with Crippen molar-refractivity contribution in [1.82, 2.24) is 9.88 Å². The minimum atomic E-state index is -0.369. The Labute approximate surface area is 201 Å². The number of hydrogen-bond donors (Lipinski definition) is 2. The maximum absolute atomic E-state index is 14.4. The zero-order chi connectivity index (χ0) is 23.9. The predicted octanol–water partition coefficient (Wildman–Crippen LogP) is 5.30. The molecule has 4 aromatic rings. The van der Waals surface area contributed by atoms with Crippen LogP contribution in [0.1, 0.15) is 24.0 Å². The highest BCUT2D eigenvalue weighted by Crippen LogP contribution is 2.46. The van der Waals surface area contributed by atoms with Crippen LogP contribution in [0, 0.1) is 5.82 Å². The quantitative estimate of drug-likeness (QED) is 0.270. The summed E-state index contributed by atoms with van der Waals surface area (Å²) in [5, 5.41) is 25.2. The van der Waals surface area contributed by atoms with Crippen LogP contribution in [0.3, 0.4) is 0 Å². The van der Waals surface area contributed by atoms with Gasteiger partial charge >= 0.3 is 0 Å². The Morgan fingerprint density at radius 1 is 0.886 bits per heavy atom. The SMILES string of the molecule is Oc1ccc(-c2nc3ccc(F)cc3c3c2-c2ccc(O)cc2/C3=N\OCCN2CCCC2)cc1. The molecule has 7 heteroatoms. The van der Waals surface area contributed by atoms with Gasteiger partial charge in [-0.25, -0.2) is 9.37 Å². The molecule has 0 atom stereocenters. The van der Waals surface area contributed by atoms with E-state index in [0.29, 0.717) is 34.5 Å². The standard InChI is InChI=1S/C28H24FN3O3/c29-18-5-10-24-23(15-18)26-25(27(30-24)17-3-6-19(33)7-4-17)21-9-8-20(34)16-22(21)28(26)31-35-14-13-32-11-1-2-12-32/h3-10,15-16,33-34H,1-2,11-14H2/b31-28+. The fourth-order valence-corrected chi connectivity index (χ4v) is 5.03. The Balaban J connectivity index is 1.54. The number of rotatable bonds is 5. The van der Waals surface area contributed by atoms with Crippen LogP contribution < -0.4 is 0 Å². The molecule has 0 saturated carbocycles. The average Bonchev–Trinajstić information content (AvgIpc) is 3.48. The van der Waals surface area contributed by atoms with Crippen molar-refractivity contribution in [1.29, 1.82) is 0 Å².